The molecule has 3 rings (SSSR count). The average Bonchev–Trinajstić information content (AvgIpc) is 2.75. The van der Waals surface area contributed by atoms with Crippen molar-refractivity contribution < 1.29 is 17.9 Å². The molecule has 0 atom stereocenters. The van der Waals surface area contributed by atoms with E-state index in [-0.39, 0.29) is 17.3 Å². The number of hydrogen-bond donors (Lipinski definition) is 1. The van der Waals surface area contributed by atoms with Gasteiger partial charge in [0.05, 0.1) is 11.5 Å². The second-order valence-corrected chi connectivity index (χ2v) is 10.3. The third-order valence-corrected chi connectivity index (χ3v) is 7.14. The molecule has 168 valence electrons. The average molecular weight is 517 g/mol. The predicted octanol–water partition coefficient (Wildman–Crippen LogP) is 5.23. The van der Waals surface area contributed by atoms with Gasteiger partial charge in [-0.1, -0.05) is 39.7 Å². The maximum atomic E-state index is 13.0. The Kier molecular flexibility index (Phi) is 7.71. The molecule has 0 spiro atoms. The summed E-state index contributed by atoms with van der Waals surface area (Å²) in [6, 6.07) is 19.0. The molecule has 6 nitrogen and oxygen atoms in total. The van der Waals surface area contributed by atoms with Crippen LogP contribution in [0.2, 0.25) is 0 Å². The molecule has 0 fully saturated rings. The van der Waals surface area contributed by atoms with E-state index in [1.165, 1.54) is 11.4 Å². The highest BCUT2D eigenvalue weighted by molar-refractivity contribution is 9.10. The van der Waals surface area contributed by atoms with E-state index in [9.17, 15) is 13.2 Å². The van der Waals surface area contributed by atoms with Gasteiger partial charge < -0.3 is 10.1 Å². The third-order valence-electron chi connectivity index (χ3n) is 4.83. The summed E-state index contributed by atoms with van der Waals surface area (Å²) in [7, 11) is -2.19. The number of rotatable bonds is 8. The number of sulfonamides is 1. The van der Waals surface area contributed by atoms with Crippen LogP contribution in [-0.4, -0.2) is 32.3 Å². The SMILES string of the molecule is CCOc1ccc(C(=O)Nc2cccc(Br)c2)cc1CN(C)S(=O)(=O)c1ccc(C)cc1. The number of aryl methyl sites for hydroxylation is 1. The Morgan fingerprint density at radius 3 is 2.44 bits per heavy atom. The van der Waals surface area contributed by atoms with Crippen LogP contribution < -0.4 is 10.1 Å². The quantitative estimate of drug-likeness (QED) is 0.444. The van der Waals surface area contributed by atoms with Gasteiger partial charge in [-0.2, -0.15) is 4.31 Å². The Morgan fingerprint density at radius 1 is 1.06 bits per heavy atom. The van der Waals surface area contributed by atoms with E-state index in [2.05, 4.69) is 21.2 Å². The van der Waals surface area contributed by atoms with E-state index in [0.717, 1.165) is 10.0 Å². The van der Waals surface area contributed by atoms with Crippen LogP contribution in [0.25, 0.3) is 0 Å². The summed E-state index contributed by atoms with van der Waals surface area (Å²) in [6.45, 7) is 4.23. The molecule has 0 aliphatic heterocycles. The van der Waals surface area contributed by atoms with Crippen molar-refractivity contribution in [1.29, 1.82) is 0 Å². The first-order chi connectivity index (χ1) is 15.2. The fourth-order valence-electron chi connectivity index (χ4n) is 3.13. The lowest BCUT2D eigenvalue weighted by Crippen LogP contribution is -2.27. The molecule has 8 heteroatoms. The van der Waals surface area contributed by atoms with Gasteiger partial charge in [-0.15, -0.1) is 0 Å². The first-order valence-electron chi connectivity index (χ1n) is 10.1. The largest absolute Gasteiger partial charge is 0.494 e. The van der Waals surface area contributed by atoms with Gasteiger partial charge in [-0.25, -0.2) is 8.42 Å². The Hall–Kier alpha value is -2.68. The van der Waals surface area contributed by atoms with E-state index < -0.39 is 10.0 Å². The van der Waals surface area contributed by atoms with Crippen LogP contribution in [0.15, 0.2) is 76.1 Å². The molecule has 0 bridgehead atoms. The van der Waals surface area contributed by atoms with E-state index in [1.807, 2.05) is 26.0 Å². The molecule has 1 N–H and O–H groups in total. The summed E-state index contributed by atoms with van der Waals surface area (Å²) in [6.07, 6.45) is 0. The highest BCUT2D eigenvalue weighted by Crippen LogP contribution is 2.25. The number of anilines is 1. The highest BCUT2D eigenvalue weighted by Gasteiger charge is 2.22. The lowest BCUT2D eigenvalue weighted by molar-refractivity contribution is 0.102. The summed E-state index contributed by atoms with van der Waals surface area (Å²) >= 11 is 3.39. The maximum Gasteiger partial charge on any atom is 0.255 e. The Balaban J connectivity index is 1.87. The minimum absolute atomic E-state index is 0.0591. The standard InChI is InChI=1S/C24H25BrN2O4S/c1-4-31-23-13-10-18(24(28)26-21-7-5-6-20(25)15-21)14-19(23)16-27(3)32(29,30)22-11-8-17(2)9-12-22/h5-15H,4,16H2,1-3H3,(H,26,28). The number of halogens is 1. The zero-order chi connectivity index (χ0) is 23.3. The van der Waals surface area contributed by atoms with Crippen molar-refractivity contribution in [2.75, 3.05) is 19.0 Å². The summed E-state index contributed by atoms with van der Waals surface area (Å²) in [5.74, 6) is 0.244. The summed E-state index contributed by atoms with van der Waals surface area (Å²) in [5.41, 5.74) is 2.64. The van der Waals surface area contributed by atoms with Gasteiger partial charge in [-0.05, 0) is 62.4 Å². The van der Waals surface area contributed by atoms with E-state index >= 15 is 0 Å². The van der Waals surface area contributed by atoms with Crippen molar-refractivity contribution >= 4 is 37.5 Å². The van der Waals surface area contributed by atoms with Crippen LogP contribution in [-0.2, 0) is 16.6 Å². The highest BCUT2D eigenvalue weighted by atomic mass is 79.9. The molecule has 0 saturated carbocycles. The molecule has 0 aliphatic carbocycles. The van der Waals surface area contributed by atoms with Crippen LogP contribution >= 0.6 is 15.9 Å². The zero-order valence-corrected chi connectivity index (χ0v) is 20.5. The van der Waals surface area contributed by atoms with Crippen LogP contribution in [0, 0.1) is 6.92 Å². The Morgan fingerprint density at radius 2 is 1.78 bits per heavy atom. The van der Waals surface area contributed by atoms with Crippen LogP contribution in [0.4, 0.5) is 5.69 Å². The Bertz CT molecular complexity index is 1210. The van der Waals surface area contributed by atoms with Gasteiger partial charge >= 0.3 is 0 Å². The minimum Gasteiger partial charge on any atom is -0.494 e. The summed E-state index contributed by atoms with van der Waals surface area (Å²) < 4.78 is 33.8. The van der Waals surface area contributed by atoms with Crippen molar-refractivity contribution in [2.45, 2.75) is 25.3 Å². The smallest absolute Gasteiger partial charge is 0.255 e. The number of hydrogen-bond acceptors (Lipinski definition) is 4. The van der Waals surface area contributed by atoms with Gasteiger partial charge in [-0.3, -0.25) is 4.79 Å². The van der Waals surface area contributed by atoms with Crippen LogP contribution in [0.3, 0.4) is 0 Å². The van der Waals surface area contributed by atoms with E-state index in [0.29, 0.717) is 29.2 Å². The van der Waals surface area contributed by atoms with Gasteiger partial charge in [0, 0.05) is 34.9 Å². The second-order valence-electron chi connectivity index (χ2n) is 7.29. The molecule has 32 heavy (non-hydrogen) atoms. The fourth-order valence-corrected chi connectivity index (χ4v) is 4.67. The Labute approximate surface area is 197 Å². The van der Waals surface area contributed by atoms with Gasteiger partial charge in [0.2, 0.25) is 10.0 Å². The van der Waals surface area contributed by atoms with Crippen molar-refractivity contribution in [2.24, 2.45) is 0 Å². The molecule has 0 aromatic heterocycles. The molecular formula is C24H25BrN2O4S. The van der Waals surface area contributed by atoms with Crippen molar-refractivity contribution in [3.8, 4) is 5.75 Å². The molecule has 0 unspecified atom stereocenters. The van der Waals surface area contributed by atoms with Crippen molar-refractivity contribution in [3.05, 3.63) is 87.9 Å². The third kappa shape index (κ3) is 5.76. The van der Waals surface area contributed by atoms with E-state index in [4.69, 9.17) is 4.74 Å². The number of carbonyl (C=O) groups is 1. The van der Waals surface area contributed by atoms with Crippen LogP contribution in [0.5, 0.6) is 5.75 Å². The van der Waals surface area contributed by atoms with Gasteiger partial charge in [0.25, 0.3) is 5.91 Å². The molecule has 0 saturated heterocycles. The van der Waals surface area contributed by atoms with Crippen molar-refractivity contribution in [3.63, 3.8) is 0 Å². The lowest BCUT2D eigenvalue weighted by atomic mass is 10.1. The predicted molar refractivity (Wildman–Crippen MR) is 130 cm³/mol. The fraction of sp³-hybridized carbons (Fsp3) is 0.208. The zero-order valence-electron chi connectivity index (χ0n) is 18.1. The maximum absolute atomic E-state index is 13.0. The lowest BCUT2D eigenvalue weighted by Gasteiger charge is -2.20. The normalized spacial score (nSPS) is 11.4. The molecule has 1 amide bonds. The topological polar surface area (TPSA) is 75.7 Å². The first-order valence-corrected chi connectivity index (χ1v) is 12.3. The van der Waals surface area contributed by atoms with Crippen LogP contribution in [0.1, 0.15) is 28.4 Å². The van der Waals surface area contributed by atoms with E-state index in [1.54, 1.807) is 54.6 Å². The summed E-state index contributed by atoms with van der Waals surface area (Å²) in [5, 5.41) is 2.85. The molecule has 3 aromatic carbocycles. The summed E-state index contributed by atoms with van der Waals surface area (Å²) in [4.78, 5) is 13.0. The molecular weight excluding hydrogens is 492 g/mol. The number of nitrogens with zero attached hydrogens (tertiary/aromatic N) is 1. The number of benzene rings is 3. The first kappa shape index (κ1) is 24.0. The van der Waals surface area contributed by atoms with Gasteiger partial charge in [0.15, 0.2) is 0 Å². The molecule has 0 heterocycles. The number of ether oxygens (including phenoxy) is 1. The number of nitrogens with one attached hydrogen (secondary N) is 1. The molecule has 0 aliphatic rings. The number of amides is 1. The molecule has 3 aromatic rings. The molecule has 0 radical (unpaired) electrons. The second kappa shape index (κ2) is 10.3. The van der Waals surface area contributed by atoms with Gasteiger partial charge in [0.1, 0.15) is 5.75 Å². The monoisotopic (exact) mass is 516 g/mol. The number of carbonyl (C=O) groups excluding carboxylic acids is 1. The minimum atomic E-state index is -3.70. The van der Waals surface area contributed by atoms with Crippen molar-refractivity contribution in [1.82, 2.24) is 4.31 Å².